The van der Waals surface area contributed by atoms with Gasteiger partial charge >= 0.3 is 23.8 Å². The minimum atomic E-state index is -4.95. The second kappa shape index (κ2) is 9.04. The summed E-state index contributed by atoms with van der Waals surface area (Å²) in [4.78, 5) is 24.4. The first-order valence-electron chi connectivity index (χ1n) is 9.32. The number of H-pyrrole nitrogens is 1. The van der Waals surface area contributed by atoms with Crippen molar-refractivity contribution in [2.24, 2.45) is 0 Å². The highest BCUT2D eigenvalue weighted by Gasteiger charge is 2.36. The average Bonchev–Trinajstić information content (AvgIpc) is 3.06. The molecular weight excluding hydrogens is 458 g/mol. The SMILES string of the molecule is C/C(=C\Cn1oc(=O)[nH]c1=O)c1cccc(OCc2cc(C(F)(F)F)cc(C(F)(F)F)c2)c1. The summed E-state index contributed by atoms with van der Waals surface area (Å²) in [5.41, 5.74) is -2.60. The highest BCUT2D eigenvalue weighted by Crippen LogP contribution is 2.36. The predicted molar refractivity (Wildman–Crippen MR) is 104 cm³/mol. The van der Waals surface area contributed by atoms with Gasteiger partial charge in [0.2, 0.25) is 0 Å². The van der Waals surface area contributed by atoms with Crippen LogP contribution in [0.3, 0.4) is 0 Å². The number of nitrogens with one attached hydrogen (secondary N) is 1. The summed E-state index contributed by atoms with van der Waals surface area (Å²) in [6.07, 6.45) is -8.31. The van der Waals surface area contributed by atoms with Gasteiger partial charge in [0, 0.05) is 0 Å². The van der Waals surface area contributed by atoms with Crippen LogP contribution >= 0.6 is 0 Å². The van der Waals surface area contributed by atoms with Gasteiger partial charge in [0.1, 0.15) is 12.4 Å². The molecule has 6 nitrogen and oxygen atoms in total. The fourth-order valence-corrected chi connectivity index (χ4v) is 2.87. The Bertz CT molecular complexity index is 1250. The number of allylic oxidation sites excluding steroid dienone is 2. The van der Waals surface area contributed by atoms with Crippen molar-refractivity contribution < 1.29 is 35.6 Å². The van der Waals surface area contributed by atoms with Gasteiger partial charge < -0.3 is 9.26 Å². The first-order valence-corrected chi connectivity index (χ1v) is 9.32. The van der Waals surface area contributed by atoms with Crippen molar-refractivity contribution in [3.05, 3.63) is 91.8 Å². The zero-order chi connectivity index (χ0) is 24.4. The lowest BCUT2D eigenvalue weighted by atomic mass is 10.0. The van der Waals surface area contributed by atoms with Crippen molar-refractivity contribution >= 4 is 5.57 Å². The fourth-order valence-electron chi connectivity index (χ4n) is 2.87. The van der Waals surface area contributed by atoms with E-state index < -0.39 is 41.5 Å². The Kier molecular flexibility index (Phi) is 6.56. The van der Waals surface area contributed by atoms with Crippen molar-refractivity contribution in [2.45, 2.75) is 32.4 Å². The molecule has 1 aromatic heterocycles. The molecule has 12 heteroatoms. The number of alkyl halides is 6. The van der Waals surface area contributed by atoms with Crippen LogP contribution in [-0.2, 0) is 25.5 Å². The van der Waals surface area contributed by atoms with E-state index in [1.165, 1.54) is 12.1 Å². The third-order valence-electron chi connectivity index (χ3n) is 4.53. The zero-order valence-corrected chi connectivity index (χ0v) is 16.9. The van der Waals surface area contributed by atoms with Gasteiger partial charge in [-0.25, -0.2) is 14.6 Å². The lowest BCUT2D eigenvalue weighted by molar-refractivity contribution is -0.143. The number of hydrogen-bond donors (Lipinski definition) is 1. The van der Waals surface area contributed by atoms with E-state index in [9.17, 15) is 35.9 Å². The largest absolute Gasteiger partial charge is 0.489 e. The molecule has 0 aliphatic rings. The number of nitrogens with zero attached hydrogens (tertiary/aromatic N) is 1. The van der Waals surface area contributed by atoms with Gasteiger partial charge in [-0.1, -0.05) is 18.2 Å². The number of benzene rings is 2. The second-order valence-corrected chi connectivity index (χ2v) is 6.99. The summed E-state index contributed by atoms with van der Waals surface area (Å²) in [7, 11) is 0. The van der Waals surface area contributed by atoms with Gasteiger partial charge in [-0.15, -0.1) is 4.74 Å². The molecule has 33 heavy (non-hydrogen) atoms. The molecule has 0 spiro atoms. The Hall–Kier alpha value is -3.70. The van der Waals surface area contributed by atoms with Gasteiger partial charge in [0.05, 0.1) is 17.7 Å². The van der Waals surface area contributed by atoms with Crippen molar-refractivity contribution in [1.82, 2.24) is 9.72 Å². The molecule has 0 saturated carbocycles. The molecule has 1 N–H and O–H groups in total. The zero-order valence-electron chi connectivity index (χ0n) is 16.9. The van der Waals surface area contributed by atoms with Gasteiger partial charge in [-0.05, 0) is 54.0 Å². The second-order valence-electron chi connectivity index (χ2n) is 6.99. The minimum absolute atomic E-state index is 0.0427. The molecule has 0 fully saturated rings. The molecule has 3 aromatic rings. The molecule has 0 saturated heterocycles. The van der Waals surface area contributed by atoms with E-state index in [1.54, 1.807) is 25.1 Å². The maximum absolute atomic E-state index is 13.0. The van der Waals surface area contributed by atoms with Gasteiger partial charge in [-0.2, -0.15) is 26.3 Å². The van der Waals surface area contributed by atoms with Crippen molar-refractivity contribution in [3.63, 3.8) is 0 Å². The summed E-state index contributed by atoms with van der Waals surface area (Å²) in [6, 6.07) is 7.54. The van der Waals surface area contributed by atoms with Crippen LogP contribution in [0.4, 0.5) is 26.3 Å². The lowest BCUT2D eigenvalue weighted by Gasteiger charge is -2.15. The molecule has 176 valence electrons. The van der Waals surface area contributed by atoms with Crippen LogP contribution in [0.5, 0.6) is 5.75 Å². The fraction of sp³-hybridized carbons (Fsp3) is 0.238. The Balaban J connectivity index is 1.78. The Morgan fingerprint density at radius 1 is 1.03 bits per heavy atom. The Morgan fingerprint density at radius 3 is 2.21 bits per heavy atom. The van der Waals surface area contributed by atoms with Crippen LogP contribution in [0.1, 0.15) is 29.2 Å². The normalized spacial score (nSPS) is 12.8. The van der Waals surface area contributed by atoms with Crippen molar-refractivity contribution in [2.75, 3.05) is 0 Å². The number of aromatic amines is 1. The van der Waals surface area contributed by atoms with Crippen LogP contribution in [0.2, 0.25) is 0 Å². The molecule has 2 aromatic carbocycles. The smallest absolute Gasteiger partial charge is 0.440 e. The monoisotopic (exact) mass is 474 g/mol. The number of ether oxygens (including phenoxy) is 1. The molecule has 0 atom stereocenters. The summed E-state index contributed by atoms with van der Waals surface area (Å²) in [5.74, 6) is -0.693. The highest BCUT2D eigenvalue weighted by atomic mass is 19.4. The molecule has 0 aliphatic heterocycles. The van der Waals surface area contributed by atoms with Crippen molar-refractivity contribution in [3.8, 4) is 5.75 Å². The molecule has 0 bridgehead atoms. The van der Waals surface area contributed by atoms with Crippen LogP contribution in [0.25, 0.3) is 5.57 Å². The van der Waals surface area contributed by atoms with E-state index in [-0.39, 0.29) is 23.9 Å². The molecule has 0 radical (unpaired) electrons. The minimum Gasteiger partial charge on any atom is -0.489 e. The van der Waals surface area contributed by atoms with Crippen LogP contribution < -0.4 is 16.2 Å². The lowest BCUT2D eigenvalue weighted by Crippen LogP contribution is -2.15. The summed E-state index contributed by atoms with van der Waals surface area (Å²) >= 11 is 0. The van der Waals surface area contributed by atoms with Gasteiger partial charge in [0.25, 0.3) is 0 Å². The molecule has 0 aliphatic carbocycles. The van der Waals surface area contributed by atoms with E-state index >= 15 is 0 Å². The summed E-state index contributed by atoms with van der Waals surface area (Å²) < 4.78 is 88.9. The number of hydrogen-bond acceptors (Lipinski definition) is 4. The maximum Gasteiger partial charge on any atom is 0.440 e. The van der Waals surface area contributed by atoms with E-state index in [0.29, 0.717) is 23.3 Å². The number of halogens is 6. The number of aromatic nitrogens is 2. The first kappa shape index (κ1) is 24.0. The Morgan fingerprint density at radius 2 is 1.67 bits per heavy atom. The van der Waals surface area contributed by atoms with Crippen LogP contribution in [-0.4, -0.2) is 9.72 Å². The predicted octanol–water partition coefficient (Wildman–Crippen LogP) is 4.85. The maximum atomic E-state index is 13.0. The van der Waals surface area contributed by atoms with E-state index in [1.807, 2.05) is 4.98 Å². The summed E-state index contributed by atoms with van der Waals surface area (Å²) in [6.45, 7) is 1.12. The quantitative estimate of drug-likeness (QED) is 0.519. The average molecular weight is 474 g/mol. The van der Waals surface area contributed by atoms with E-state index in [2.05, 4.69) is 4.52 Å². The molecule has 1 heterocycles. The molecule has 3 rings (SSSR count). The topological polar surface area (TPSA) is 77.2 Å². The van der Waals surface area contributed by atoms with Gasteiger partial charge in [0.15, 0.2) is 0 Å². The molecule has 0 unspecified atom stereocenters. The number of rotatable bonds is 6. The third-order valence-corrected chi connectivity index (χ3v) is 4.53. The first-order chi connectivity index (χ1) is 15.3. The highest BCUT2D eigenvalue weighted by molar-refractivity contribution is 5.64. The van der Waals surface area contributed by atoms with Crippen molar-refractivity contribution in [1.29, 1.82) is 0 Å². The van der Waals surface area contributed by atoms with E-state index in [0.717, 1.165) is 4.74 Å². The molecular formula is C21H16F6N2O4. The standard InChI is InChI=1S/C21H16F6N2O4/c1-12(5-6-29-18(30)28-19(31)33-29)14-3-2-4-17(9-14)32-11-13-7-15(20(22,23)24)10-16(8-13)21(25,26)27/h2-5,7-10H,6,11H2,1H3,(H,28,30,31)/b12-5+. The van der Waals surface area contributed by atoms with Crippen LogP contribution in [0.15, 0.2) is 62.7 Å². The summed E-state index contributed by atoms with van der Waals surface area (Å²) in [5, 5.41) is 0. The van der Waals surface area contributed by atoms with Crippen LogP contribution in [0, 0.1) is 0 Å². The molecule has 0 amide bonds. The van der Waals surface area contributed by atoms with Gasteiger partial charge in [-0.3, -0.25) is 0 Å². The Labute approximate surface area is 181 Å². The third kappa shape index (κ3) is 6.18. The van der Waals surface area contributed by atoms with E-state index in [4.69, 9.17) is 4.74 Å².